The fourth-order valence-electron chi connectivity index (χ4n) is 5.29. The average molecular weight is 694 g/mol. The van der Waals surface area contributed by atoms with Gasteiger partial charge >= 0.3 is 0 Å². The molecule has 3 atom stereocenters. The van der Waals surface area contributed by atoms with E-state index in [4.69, 9.17) is 0 Å². The van der Waals surface area contributed by atoms with Gasteiger partial charge in [-0.05, 0) is 57.8 Å². The Morgan fingerprint density at radius 2 is 1.00 bits per heavy atom. The summed E-state index contributed by atoms with van der Waals surface area (Å²) >= 11 is 0. The van der Waals surface area contributed by atoms with Crippen LogP contribution in [0.25, 0.3) is 0 Å². The zero-order valence-corrected chi connectivity index (χ0v) is 31.3. The van der Waals surface area contributed by atoms with E-state index in [0.717, 1.165) is 32.1 Å². The standard InChI is InChI=1S/C40H71NO6S/c1-3-5-7-9-11-13-15-17-18-19-20-21-22-23-25-26-28-30-32-34-38(42)37(36-48(45,46)47)41-40(44)39(43)35-33-31-29-27-24-16-14-12-10-8-6-4-2/h20-21,24-27,31-34,37-39,42-43H,3-19,22-23,28-30,35-36H2,1-2H3,(H,41,44)(H,45,46,47)/b21-20+,26-25+,27-24-,33-31-,34-32+. The molecule has 0 heterocycles. The van der Waals surface area contributed by atoms with E-state index < -0.39 is 40.0 Å². The molecule has 0 saturated carbocycles. The summed E-state index contributed by atoms with van der Waals surface area (Å²) in [6.45, 7) is 4.47. The van der Waals surface area contributed by atoms with Gasteiger partial charge in [-0.3, -0.25) is 9.35 Å². The molecule has 0 aromatic heterocycles. The molecule has 8 heteroatoms. The topological polar surface area (TPSA) is 124 Å². The zero-order valence-electron chi connectivity index (χ0n) is 30.5. The van der Waals surface area contributed by atoms with E-state index in [1.54, 1.807) is 12.2 Å². The Morgan fingerprint density at radius 3 is 1.50 bits per heavy atom. The normalized spacial score (nSPS) is 14.7. The van der Waals surface area contributed by atoms with Crippen LogP contribution in [-0.2, 0) is 14.9 Å². The van der Waals surface area contributed by atoms with E-state index in [1.165, 1.54) is 102 Å². The van der Waals surface area contributed by atoms with Gasteiger partial charge in [0, 0.05) is 6.42 Å². The molecule has 0 aromatic carbocycles. The molecule has 7 nitrogen and oxygen atoms in total. The highest BCUT2D eigenvalue weighted by Gasteiger charge is 2.27. The Kier molecular flexibility index (Phi) is 32.1. The van der Waals surface area contributed by atoms with Gasteiger partial charge in [-0.15, -0.1) is 0 Å². The largest absolute Gasteiger partial charge is 0.387 e. The fraction of sp³-hybridized carbons (Fsp3) is 0.725. The minimum atomic E-state index is -4.47. The van der Waals surface area contributed by atoms with Gasteiger partial charge in [-0.25, -0.2) is 0 Å². The third kappa shape index (κ3) is 32.5. The summed E-state index contributed by atoms with van der Waals surface area (Å²) in [4.78, 5) is 12.5. The number of aliphatic hydroxyl groups excluding tert-OH is 2. The van der Waals surface area contributed by atoms with E-state index >= 15 is 0 Å². The Hall–Kier alpha value is -2.00. The van der Waals surface area contributed by atoms with Crippen LogP contribution in [0.1, 0.15) is 162 Å². The van der Waals surface area contributed by atoms with E-state index in [2.05, 4.69) is 55.6 Å². The van der Waals surface area contributed by atoms with Crippen LogP contribution in [0.2, 0.25) is 0 Å². The van der Waals surface area contributed by atoms with Crippen molar-refractivity contribution in [3.05, 3.63) is 60.8 Å². The average Bonchev–Trinajstić information content (AvgIpc) is 3.05. The van der Waals surface area contributed by atoms with Crippen molar-refractivity contribution in [3.63, 3.8) is 0 Å². The summed E-state index contributed by atoms with van der Waals surface area (Å²) in [5, 5.41) is 23.2. The fourth-order valence-corrected chi connectivity index (χ4v) is 6.03. The van der Waals surface area contributed by atoms with Crippen molar-refractivity contribution < 1.29 is 28.0 Å². The van der Waals surface area contributed by atoms with Gasteiger partial charge in [-0.2, -0.15) is 8.42 Å². The predicted octanol–water partition coefficient (Wildman–Crippen LogP) is 9.87. The maximum absolute atomic E-state index is 12.5. The van der Waals surface area contributed by atoms with E-state index in [9.17, 15) is 28.0 Å². The molecule has 278 valence electrons. The van der Waals surface area contributed by atoms with Crippen LogP contribution in [0.5, 0.6) is 0 Å². The molecule has 0 rings (SSSR count). The van der Waals surface area contributed by atoms with Gasteiger partial charge in [0.05, 0.1) is 17.9 Å². The molecule has 0 aliphatic rings. The van der Waals surface area contributed by atoms with Crippen molar-refractivity contribution >= 4 is 16.0 Å². The maximum atomic E-state index is 12.5. The zero-order chi connectivity index (χ0) is 35.6. The van der Waals surface area contributed by atoms with Crippen LogP contribution in [0.3, 0.4) is 0 Å². The van der Waals surface area contributed by atoms with E-state index in [-0.39, 0.29) is 6.42 Å². The first-order chi connectivity index (χ1) is 23.2. The lowest BCUT2D eigenvalue weighted by Crippen LogP contribution is -2.50. The highest BCUT2D eigenvalue weighted by Crippen LogP contribution is 2.11. The Morgan fingerprint density at radius 1 is 0.583 bits per heavy atom. The van der Waals surface area contributed by atoms with Crippen molar-refractivity contribution in [1.29, 1.82) is 0 Å². The number of aliphatic hydroxyl groups is 2. The van der Waals surface area contributed by atoms with Crippen molar-refractivity contribution in [3.8, 4) is 0 Å². The summed E-state index contributed by atoms with van der Waals surface area (Å²) in [6.07, 6.45) is 43.0. The highest BCUT2D eigenvalue weighted by atomic mass is 32.2. The van der Waals surface area contributed by atoms with Crippen LogP contribution in [0.4, 0.5) is 0 Å². The number of rotatable bonds is 33. The molecule has 1 amide bonds. The smallest absolute Gasteiger partial charge is 0.267 e. The Bertz CT molecular complexity index is 1000. The van der Waals surface area contributed by atoms with Crippen LogP contribution in [-0.4, -0.2) is 53.1 Å². The Labute approximate surface area is 294 Å². The summed E-state index contributed by atoms with van der Waals surface area (Å²) in [5.74, 6) is -1.66. The molecule has 0 saturated heterocycles. The predicted molar refractivity (Wildman–Crippen MR) is 204 cm³/mol. The number of carbonyl (C=O) groups excluding carboxylic acids is 1. The molecule has 0 spiro atoms. The van der Waals surface area contributed by atoms with E-state index in [0.29, 0.717) is 12.8 Å². The van der Waals surface area contributed by atoms with Gasteiger partial charge in [0.2, 0.25) is 5.91 Å². The quantitative estimate of drug-likeness (QED) is 0.0308. The summed E-state index contributed by atoms with van der Waals surface area (Å²) in [7, 11) is -4.47. The molecular weight excluding hydrogens is 623 g/mol. The minimum Gasteiger partial charge on any atom is -0.387 e. The monoisotopic (exact) mass is 694 g/mol. The SMILES string of the molecule is CCCCCCCC/C=C\C/C=C\CC(O)C(=O)NC(CS(=O)(=O)O)C(O)/C=C/CC/C=C/CC/C=C/CCCCCCCCCCC. The lowest BCUT2D eigenvalue weighted by molar-refractivity contribution is -0.130. The second kappa shape index (κ2) is 33.5. The van der Waals surface area contributed by atoms with Crippen LogP contribution < -0.4 is 5.32 Å². The summed E-state index contributed by atoms with van der Waals surface area (Å²) in [5.41, 5.74) is 0. The lowest BCUT2D eigenvalue weighted by Gasteiger charge is -2.22. The summed E-state index contributed by atoms with van der Waals surface area (Å²) < 4.78 is 32.4. The van der Waals surface area contributed by atoms with Crippen molar-refractivity contribution in [2.45, 2.75) is 180 Å². The Balaban J connectivity index is 4.26. The second-order valence-corrected chi connectivity index (χ2v) is 14.5. The molecule has 0 aromatic rings. The van der Waals surface area contributed by atoms with Crippen molar-refractivity contribution in [2.75, 3.05) is 5.75 Å². The molecule has 0 fully saturated rings. The first kappa shape index (κ1) is 46.0. The molecule has 0 aliphatic heterocycles. The number of carbonyl (C=O) groups is 1. The molecule has 0 bridgehead atoms. The van der Waals surface area contributed by atoms with Crippen molar-refractivity contribution in [2.24, 2.45) is 0 Å². The van der Waals surface area contributed by atoms with Gasteiger partial charge in [-0.1, -0.05) is 158 Å². The molecule has 0 aliphatic carbocycles. The highest BCUT2D eigenvalue weighted by molar-refractivity contribution is 7.85. The van der Waals surface area contributed by atoms with Gasteiger partial charge < -0.3 is 15.5 Å². The van der Waals surface area contributed by atoms with Gasteiger partial charge in [0.1, 0.15) is 6.10 Å². The first-order valence-corrected chi connectivity index (χ1v) is 20.7. The molecule has 0 radical (unpaired) electrons. The molecule has 48 heavy (non-hydrogen) atoms. The van der Waals surface area contributed by atoms with Gasteiger partial charge in [0.15, 0.2) is 0 Å². The van der Waals surface area contributed by atoms with Crippen molar-refractivity contribution in [1.82, 2.24) is 5.32 Å². The van der Waals surface area contributed by atoms with Crippen LogP contribution >= 0.6 is 0 Å². The van der Waals surface area contributed by atoms with Gasteiger partial charge in [0.25, 0.3) is 10.1 Å². The van der Waals surface area contributed by atoms with Crippen LogP contribution in [0, 0.1) is 0 Å². The number of nitrogens with one attached hydrogen (secondary N) is 1. The number of allylic oxidation sites excluding steroid dienone is 8. The number of hydrogen-bond donors (Lipinski definition) is 4. The second-order valence-electron chi connectivity index (χ2n) is 13.0. The number of unbranched alkanes of at least 4 members (excludes halogenated alkanes) is 17. The third-order valence-electron chi connectivity index (χ3n) is 8.26. The number of hydrogen-bond acceptors (Lipinski definition) is 5. The number of amides is 1. The maximum Gasteiger partial charge on any atom is 0.267 e. The van der Waals surface area contributed by atoms with E-state index in [1.807, 2.05) is 6.08 Å². The molecule has 4 N–H and O–H groups in total. The lowest BCUT2D eigenvalue weighted by atomic mass is 10.1. The van der Waals surface area contributed by atoms with Crippen LogP contribution in [0.15, 0.2) is 60.8 Å². The third-order valence-corrected chi connectivity index (χ3v) is 9.04. The molecular formula is C40H71NO6S. The molecule has 3 unspecified atom stereocenters. The first-order valence-electron chi connectivity index (χ1n) is 19.1. The minimum absolute atomic E-state index is 0.0586. The summed E-state index contributed by atoms with van der Waals surface area (Å²) in [6, 6.07) is -1.29.